The first kappa shape index (κ1) is 25.7. The van der Waals surface area contributed by atoms with E-state index < -0.39 is 10.8 Å². The van der Waals surface area contributed by atoms with Crippen molar-refractivity contribution in [2.75, 3.05) is 44.7 Å². The normalized spacial score (nSPS) is 18.7. The average Bonchev–Trinajstić information content (AvgIpc) is 2.85. The molecule has 2 amide bonds. The number of aromatic nitrogens is 1. The van der Waals surface area contributed by atoms with Gasteiger partial charge < -0.3 is 15.0 Å². The second-order valence-corrected chi connectivity index (χ2v) is 10.4. The molecule has 3 heterocycles. The molecule has 11 nitrogen and oxygen atoms in total. The van der Waals surface area contributed by atoms with Crippen molar-refractivity contribution in [2.45, 2.75) is 18.9 Å². The van der Waals surface area contributed by atoms with E-state index in [0.717, 1.165) is 9.99 Å². The third-order valence-electron chi connectivity index (χ3n) is 5.80. The fraction of sp³-hybridized carbons (Fsp3) is 0.409. The molecule has 0 bridgehead atoms. The van der Waals surface area contributed by atoms with E-state index in [2.05, 4.69) is 54.2 Å². The number of hydrazine groups is 1. The molecule has 1 aromatic carbocycles. The molecular formula is C22H24BrIN6O5. The van der Waals surface area contributed by atoms with Crippen molar-refractivity contribution in [3.05, 3.63) is 59.9 Å². The number of morpholine rings is 1. The minimum Gasteiger partial charge on any atom is -0.379 e. The van der Waals surface area contributed by atoms with Crippen LogP contribution in [-0.2, 0) is 4.74 Å². The lowest BCUT2D eigenvalue weighted by Crippen LogP contribution is -2.48. The van der Waals surface area contributed by atoms with E-state index in [-0.39, 0.29) is 28.9 Å². The van der Waals surface area contributed by atoms with Gasteiger partial charge in [-0.3, -0.25) is 30.1 Å². The highest BCUT2D eigenvalue weighted by Crippen LogP contribution is 2.34. The van der Waals surface area contributed by atoms with Crippen LogP contribution in [0.3, 0.4) is 0 Å². The number of amides is 2. The summed E-state index contributed by atoms with van der Waals surface area (Å²) in [6.07, 6.45) is 4.63. The number of anilines is 1. The zero-order valence-electron chi connectivity index (χ0n) is 18.7. The van der Waals surface area contributed by atoms with E-state index in [1.807, 2.05) is 0 Å². The van der Waals surface area contributed by atoms with E-state index in [4.69, 9.17) is 4.74 Å². The molecule has 2 saturated heterocycles. The number of likely N-dealkylation sites (tertiary alicyclic amines) is 1. The first-order chi connectivity index (χ1) is 16.8. The van der Waals surface area contributed by atoms with Crippen LogP contribution >= 0.6 is 38.5 Å². The summed E-state index contributed by atoms with van der Waals surface area (Å²) in [5.41, 5.74) is 3.40. The van der Waals surface area contributed by atoms with E-state index in [0.29, 0.717) is 55.8 Å². The molecule has 35 heavy (non-hydrogen) atoms. The van der Waals surface area contributed by atoms with Gasteiger partial charge in [-0.25, -0.2) is 5.01 Å². The number of hydrogen-bond acceptors (Lipinski definition) is 8. The zero-order valence-corrected chi connectivity index (χ0v) is 22.5. The number of nitro benzene ring substituents is 1. The molecule has 2 N–H and O–H groups in total. The maximum atomic E-state index is 13.1. The fourth-order valence-corrected chi connectivity index (χ4v) is 5.08. The summed E-state index contributed by atoms with van der Waals surface area (Å²) in [4.78, 5) is 43.4. The second kappa shape index (κ2) is 11.6. The summed E-state index contributed by atoms with van der Waals surface area (Å²) < 4.78 is 6.60. The van der Waals surface area contributed by atoms with Gasteiger partial charge in [-0.05, 0) is 47.6 Å². The number of piperidine rings is 1. The van der Waals surface area contributed by atoms with Crippen LogP contribution in [0, 0.1) is 13.7 Å². The Kier molecular flexibility index (Phi) is 8.51. The van der Waals surface area contributed by atoms with Gasteiger partial charge in [0.15, 0.2) is 0 Å². The van der Waals surface area contributed by atoms with Crippen LogP contribution < -0.4 is 10.7 Å². The third-order valence-corrected chi connectivity index (χ3v) is 6.85. The van der Waals surface area contributed by atoms with Gasteiger partial charge >= 0.3 is 0 Å². The fourth-order valence-electron chi connectivity index (χ4n) is 4.14. The smallest absolute Gasteiger partial charge is 0.294 e. The standard InChI is InChI=1S/C22H24BrIN6O5/c23-15-9-18(21(31)27-29-4-6-35-7-5-29)20(19(10-15)30(33)34)26-17-2-1-3-28(13-17)22(32)14-8-16(24)12-25-11-14/h8-12,17,26H,1-7,13H2,(H,27,31)/t17-/m1/s1. The molecule has 0 unspecified atom stereocenters. The monoisotopic (exact) mass is 658 g/mol. The van der Waals surface area contributed by atoms with Crippen LogP contribution in [0.4, 0.5) is 11.4 Å². The minimum absolute atomic E-state index is 0.138. The molecule has 0 aliphatic carbocycles. The maximum absolute atomic E-state index is 13.1. The summed E-state index contributed by atoms with van der Waals surface area (Å²) in [5, 5.41) is 16.8. The Morgan fingerprint density at radius 1 is 1.20 bits per heavy atom. The molecule has 2 aromatic rings. The number of carbonyl (C=O) groups is 2. The Morgan fingerprint density at radius 2 is 1.97 bits per heavy atom. The SMILES string of the molecule is O=C(NN1CCOCC1)c1cc(Br)cc([N+](=O)[O-])c1N[C@@H]1CCCN(C(=O)c2cncc(I)c2)C1. The maximum Gasteiger partial charge on any atom is 0.294 e. The summed E-state index contributed by atoms with van der Waals surface area (Å²) in [6.45, 7) is 2.96. The van der Waals surface area contributed by atoms with Crippen molar-refractivity contribution in [3.8, 4) is 0 Å². The molecule has 0 saturated carbocycles. The van der Waals surface area contributed by atoms with Crippen molar-refractivity contribution in [3.63, 3.8) is 0 Å². The van der Waals surface area contributed by atoms with E-state index >= 15 is 0 Å². The van der Waals surface area contributed by atoms with Gasteiger partial charge in [-0.1, -0.05) is 15.9 Å². The summed E-state index contributed by atoms with van der Waals surface area (Å²) in [7, 11) is 0. The average molecular weight is 659 g/mol. The van der Waals surface area contributed by atoms with Crippen molar-refractivity contribution < 1.29 is 19.2 Å². The molecule has 1 atom stereocenters. The van der Waals surface area contributed by atoms with Crippen LogP contribution in [0.25, 0.3) is 0 Å². The lowest BCUT2D eigenvalue weighted by atomic mass is 10.0. The van der Waals surface area contributed by atoms with E-state index in [1.54, 1.807) is 28.2 Å². The first-order valence-electron chi connectivity index (χ1n) is 11.1. The van der Waals surface area contributed by atoms with Crippen LogP contribution in [0.15, 0.2) is 35.1 Å². The largest absolute Gasteiger partial charge is 0.379 e. The third kappa shape index (κ3) is 6.45. The quantitative estimate of drug-likeness (QED) is 0.275. The number of halogens is 2. The number of nitrogens with zero attached hydrogens (tertiary/aromatic N) is 4. The van der Waals surface area contributed by atoms with Crippen LogP contribution in [0.5, 0.6) is 0 Å². The van der Waals surface area contributed by atoms with Gasteiger partial charge in [0.1, 0.15) is 5.69 Å². The Morgan fingerprint density at radius 3 is 2.69 bits per heavy atom. The molecular weight excluding hydrogens is 635 g/mol. The number of rotatable bonds is 6. The molecule has 2 aliphatic rings. The number of pyridine rings is 1. The molecule has 4 rings (SSSR count). The highest BCUT2D eigenvalue weighted by molar-refractivity contribution is 14.1. The molecule has 186 valence electrons. The highest BCUT2D eigenvalue weighted by atomic mass is 127. The number of carbonyl (C=O) groups excluding carboxylic acids is 2. The Bertz CT molecular complexity index is 1130. The molecule has 13 heteroatoms. The lowest BCUT2D eigenvalue weighted by molar-refractivity contribution is -0.384. The van der Waals surface area contributed by atoms with Crippen molar-refractivity contribution in [2.24, 2.45) is 0 Å². The molecule has 2 fully saturated rings. The molecule has 0 radical (unpaired) electrons. The minimum atomic E-state index is -0.512. The van der Waals surface area contributed by atoms with Crippen molar-refractivity contribution >= 4 is 61.7 Å². The van der Waals surface area contributed by atoms with Gasteiger partial charge in [0.2, 0.25) is 0 Å². The van der Waals surface area contributed by atoms with Gasteiger partial charge in [0.25, 0.3) is 17.5 Å². The Hall–Kier alpha value is -2.36. The van der Waals surface area contributed by atoms with Crippen LogP contribution in [-0.4, -0.2) is 77.1 Å². The second-order valence-electron chi connectivity index (χ2n) is 8.27. The Balaban J connectivity index is 1.56. The van der Waals surface area contributed by atoms with Gasteiger partial charge in [0.05, 0.1) is 29.3 Å². The number of nitrogens with one attached hydrogen (secondary N) is 2. The van der Waals surface area contributed by atoms with Crippen LogP contribution in [0.1, 0.15) is 33.6 Å². The molecule has 0 spiro atoms. The zero-order chi connectivity index (χ0) is 24.9. The summed E-state index contributed by atoms with van der Waals surface area (Å²) >= 11 is 5.40. The number of ether oxygens (including phenoxy) is 1. The number of nitro groups is 1. The molecule has 2 aliphatic heterocycles. The first-order valence-corrected chi connectivity index (χ1v) is 13.0. The van der Waals surface area contributed by atoms with Crippen LogP contribution in [0.2, 0.25) is 0 Å². The van der Waals surface area contributed by atoms with Crippen molar-refractivity contribution in [1.82, 2.24) is 20.3 Å². The van der Waals surface area contributed by atoms with Gasteiger partial charge in [-0.15, -0.1) is 0 Å². The van der Waals surface area contributed by atoms with Crippen molar-refractivity contribution in [1.29, 1.82) is 0 Å². The predicted octanol–water partition coefficient (Wildman–Crippen LogP) is 3.05. The predicted molar refractivity (Wildman–Crippen MR) is 140 cm³/mol. The van der Waals surface area contributed by atoms with Gasteiger partial charge in [-0.2, -0.15) is 0 Å². The summed E-state index contributed by atoms with van der Waals surface area (Å²) in [6, 6.07) is 4.45. The lowest BCUT2D eigenvalue weighted by Gasteiger charge is -2.34. The molecule has 1 aromatic heterocycles. The number of hydrogen-bond donors (Lipinski definition) is 2. The van der Waals surface area contributed by atoms with E-state index in [1.165, 1.54) is 12.3 Å². The summed E-state index contributed by atoms with van der Waals surface area (Å²) in [5.74, 6) is -0.592. The topological polar surface area (TPSA) is 130 Å². The number of benzene rings is 1. The highest BCUT2D eigenvalue weighted by Gasteiger charge is 2.30. The van der Waals surface area contributed by atoms with E-state index in [9.17, 15) is 19.7 Å². The Labute approximate surface area is 224 Å². The van der Waals surface area contributed by atoms with Gasteiger partial charge in [0, 0.05) is 58.7 Å².